The summed E-state index contributed by atoms with van der Waals surface area (Å²) in [6.07, 6.45) is 1.14. The first-order valence-corrected chi connectivity index (χ1v) is 10.2. The van der Waals surface area contributed by atoms with Crippen LogP contribution in [0.3, 0.4) is 0 Å². The summed E-state index contributed by atoms with van der Waals surface area (Å²) in [5.74, 6) is 0.714. The van der Waals surface area contributed by atoms with Crippen LogP contribution in [0.1, 0.15) is 45.3 Å². The number of carbonyl (C=O) groups is 1. The van der Waals surface area contributed by atoms with Crippen LogP contribution in [0.5, 0.6) is 5.75 Å². The van der Waals surface area contributed by atoms with Gasteiger partial charge in [0.25, 0.3) is 0 Å². The summed E-state index contributed by atoms with van der Waals surface area (Å²) < 4.78 is 11.1. The number of benzene rings is 3. The monoisotopic (exact) mass is 388 g/mol. The third-order valence-corrected chi connectivity index (χ3v) is 4.85. The Morgan fingerprint density at radius 3 is 1.90 bits per heavy atom. The van der Waals surface area contributed by atoms with Gasteiger partial charge in [0.2, 0.25) is 0 Å². The topological polar surface area (TPSA) is 35.5 Å². The van der Waals surface area contributed by atoms with Gasteiger partial charge >= 0.3 is 5.97 Å². The predicted molar refractivity (Wildman–Crippen MR) is 118 cm³/mol. The summed E-state index contributed by atoms with van der Waals surface area (Å²) in [7, 11) is 0. The van der Waals surface area contributed by atoms with E-state index in [4.69, 9.17) is 9.47 Å². The van der Waals surface area contributed by atoms with E-state index in [2.05, 4.69) is 55.5 Å². The van der Waals surface area contributed by atoms with E-state index in [1.54, 1.807) is 6.92 Å². The van der Waals surface area contributed by atoms with Gasteiger partial charge in [0.15, 0.2) is 0 Å². The van der Waals surface area contributed by atoms with Crippen molar-refractivity contribution < 1.29 is 14.3 Å². The lowest BCUT2D eigenvalue weighted by Gasteiger charge is -2.15. The Hall–Kier alpha value is -3.07. The molecule has 3 aromatic carbocycles. The van der Waals surface area contributed by atoms with E-state index >= 15 is 0 Å². The average molecular weight is 389 g/mol. The molecule has 3 nitrogen and oxygen atoms in total. The molecule has 0 aliphatic heterocycles. The van der Waals surface area contributed by atoms with Crippen LogP contribution in [-0.2, 0) is 9.53 Å². The van der Waals surface area contributed by atoms with Crippen LogP contribution in [0.25, 0.3) is 22.3 Å². The van der Waals surface area contributed by atoms with Crippen molar-refractivity contribution in [2.45, 2.75) is 39.7 Å². The Morgan fingerprint density at radius 2 is 1.38 bits per heavy atom. The SMILES string of the molecule is CCCOc1ccc(-c2ccccc2-c2ccc(C(C)OC(=O)CC)cc2)cc1. The second kappa shape index (κ2) is 9.92. The summed E-state index contributed by atoms with van der Waals surface area (Å²) in [6.45, 7) is 6.54. The molecule has 0 aliphatic carbocycles. The molecule has 0 bridgehead atoms. The van der Waals surface area contributed by atoms with Crippen molar-refractivity contribution in [3.63, 3.8) is 0 Å². The predicted octanol–water partition coefficient (Wildman–Crippen LogP) is 6.82. The van der Waals surface area contributed by atoms with Gasteiger partial charge in [0, 0.05) is 6.42 Å². The van der Waals surface area contributed by atoms with Gasteiger partial charge in [0.1, 0.15) is 11.9 Å². The van der Waals surface area contributed by atoms with Crippen LogP contribution >= 0.6 is 0 Å². The van der Waals surface area contributed by atoms with Crippen LogP contribution in [-0.4, -0.2) is 12.6 Å². The summed E-state index contributed by atoms with van der Waals surface area (Å²) in [4.78, 5) is 11.5. The van der Waals surface area contributed by atoms with E-state index in [0.29, 0.717) is 6.42 Å². The summed E-state index contributed by atoms with van der Waals surface area (Å²) in [5, 5.41) is 0. The molecule has 150 valence electrons. The van der Waals surface area contributed by atoms with Crippen LogP contribution in [0.2, 0.25) is 0 Å². The lowest BCUT2D eigenvalue weighted by atomic mass is 9.94. The van der Waals surface area contributed by atoms with Gasteiger partial charge in [-0.15, -0.1) is 0 Å². The van der Waals surface area contributed by atoms with Crippen molar-refractivity contribution in [3.05, 3.63) is 78.4 Å². The lowest BCUT2D eigenvalue weighted by Crippen LogP contribution is -2.07. The molecule has 0 radical (unpaired) electrons. The fourth-order valence-electron chi connectivity index (χ4n) is 3.22. The molecule has 0 heterocycles. The Kier molecular flexibility index (Phi) is 7.07. The summed E-state index contributed by atoms with van der Waals surface area (Å²) >= 11 is 0. The molecular weight excluding hydrogens is 360 g/mol. The largest absolute Gasteiger partial charge is 0.494 e. The third kappa shape index (κ3) is 5.26. The lowest BCUT2D eigenvalue weighted by molar-refractivity contribution is -0.148. The summed E-state index contributed by atoms with van der Waals surface area (Å²) in [6, 6.07) is 24.9. The minimum Gasteiger partial charge on any atom is -0.494 e. The highest BCUT2D eigenvalue weighted by Gasteiger charge is 2.12. The molecule has 0 aromatic heterocycles. The van der Waals surface area contributed by atoms with E-state index in [-0.39, 0.29) is 12.1 Å². The molecule has 0 amide bonds. The number of hydrogen-bond donors (Lipinski definition) is 0. The molecular formula is C26H28O3. The van der Waals surface area contributed by atoms with Crippen molar-refractivity contribution >= 4 is 5.97 Å². The highest BCUT2D eigenvalue weighted by molar-refractivity contribution is 5.83. The fourth-order valence-corrected chi connectivity index (χ4v) is 3.22. The molecule has 1 atom stereocenters. The number of hydrogen-bond acceptors (Lipinski definition) is 3. The zero-order valence-corrected chi connectivity index (χ0v) is 17.4. The fraction of sp³-hybridized carbons (Fsp3) is 0.269. The molecule has 0 spiro atoms. The molecule has 0 saturated carbocycles. The first-order chi connectivity index (χ1) is 14.1. The van der Waals surface area contributed by atoms with Crippen molar-refractivity contribution in [1.29, 1.82) is 0 Å². The number of esters is 1. The molecule has 3 heteroatoms. The third-order valence-electron chi connectivity index (χ3n) is 4.85. The Morgan fingerprint density at radius 1 is 0.828 bits per heavy atom. The first-order valence-electron chi connectivity index (χ1n) is 10.2. The van der Waals surface area contributed by atoms with Crippen LogP contribution in [0, 0.1) is 0 Å². The molecule has 0 aliphatic rings. The minimum absolute atomic E-state index is 0.182. The van der Waals surface area contributed by atoms with Crippen LogP contribution in [0.4, 0.5) is 0 Å². The normalized spacial score (nSPS) is 11.7. The zero-order chi connectivity index (χ0) is 20.6. The van der Waals surface area contributed by atoms with E-state index in [9.17, 15) is 4.79 Å². The van der Waals surface area contributed by atoms with E-state index < -0.39 is 0 Å². The number of ether oxygens (including phenoxy) is 2. The van der Waals surface area contributed by atoms with Gasteiger partial charge < -0.3 is 9.47 Å². The molecule has 29 heavy (non-hydrogen) atoms. The van der Waals surface area contributed by atoms with E-state index in [0.717, 1.165) is 35.5 Å². The first kappa shape index (κ1) is 20.7. The van der Waals surface area contributed by atoms with Gasteiger partial charge in [0.05, 0.1) is 6.61 Å². The summed E-state index contributed by atoms with van der Waals surface area (Å²) in [5.41, 5.74) is 5.61. The number of carbonyl (C=O) groups excluding carboxylic acids is 1. The van der Waals surface area contributed by atoms with Crippen molar-refractivity contribution in [3.8, 4) is 28.0 Å². The molecule has 3 rings (SSSR count). The van der Waals surface area contributed by atoms with Gasteiger partial charge in [-0.05, 0) is 53.3 Å². The highest BCUT2D eigenvalue weighted by Crippen LogP contribution is 2.33. The zero-order valence-electron chi connectivity index (χ0n) is 17.4. The Bertz CT molecular complexity index is 927. The van der Waals surface area contributed by atoms with Gasteiger partial charge in [-0.1, -0.05) is 74.5 Å². The maximum atomic E-state index is 11.5. The maximum absolute atomic E-state index is 11.5. The second-order valence-corrected chi connectivity index (χ2v) is 7.03. The molecule has 0 N–H and O–H groups in total. The maximum Gasteiger partial charge on any atom is 0.306 e. The smallest absolute Gasteiger partial charge is 0.306 e. The van der Waals surface area contributed by atoms with Crippen molar-refractivity contribution in [1.82, 2.24) is 0 Å². The van der Waals surface area contributed by atoms with Gasteiger partial charge in [-0.2, -0.15) is 0 Å². The molecule has 1 unspecified atom stereocenters. The van der Waals surface area contributed by atoms with Gasteiger partial charge in [-0.3, -0.25) is 4.79 Å². The average Bonchev–Trinajstić information content (AvgIpc) is 2.78. The van der Waals surface area contributed by atoms with E-state index in [1.807, 2.05) is 31.2 Å². The highest BCUT2D eigenvalue weighted by atomic mass is 16.5. The molecule has 0 fully saturated rings. The van der Waals surface area contributed by atoms with Gasteiger partial charge in [-0.25, -0.2) is 0 Å². The molecule has 0 saturated heterocycles. The standard InChI is InChI=1S/C26H28O3/c1-4-18-28-23-16-14-22(15-17-23)25-9-7-6-8-24(25)21-12-10-20(11-13-21)19(3)29-26(27)5-2/h6-17,19H,4-5,18H2,1-3H3. The Labute approximate surface area is 173 Å². The van der Waals surface area contributed by atoms with Crippen LogP contribution < -0.4 is 4.74 Å². The quantitative estimate of drug-likeness (QED) is 0.397. The van der Waals surface area contributed by atoms with Crippen LogP contribution in [0.15, 0.2) is 72.8 Å². The second-order valence-electron chi connectivity index (χ2n) is 7.03. The Balaban J connectivity index is 1.84. The molecule has 3 aromatic rings. The minimum atomic E-state index is -0.248. The van der Waals surface area contributed by atoms with E-state index in [1.165, 1.54) is 11.1 Å². The van der Waals surface area contributed by atoms with Crippen molar-refractivity contribution in [2.75, 3.05) is 6.61 Å². The van der Waals surface area contributed by atoms with Crippen molar-refractivity contribution in [2.24, 2.45) is 0 Å². The number of rotatable bonds is 8.